The van der Waals surface area contributed by atoms with Crippen LogP contribution in [0.4, 0.5) is 0 Å². The molecular formula is C10H15. The third-order valence-electron chi connectivity index (χ3n) is 1.67. The average Bonchev–Trinajstić information content (AvgIpc) is 2.01. The largest absolute Gasteiger partial charge is 0.0885 e. The molecule has 0 spiro atoms. The van der Waals surface area contributed by atoms with Gasteiger partial charge in [-0.15, -0.1) is 0 Å². The fourth-order valence-corrected chi connectivity index (χ4v) is 1.07. The molecule has 0 amide bonds. The van der Waals surface area contributed by atoms with Crippen LogP contribution in [0.1, 0.15) is 32.1 Å². The van der Waals surface area contributed by atoms with E-state index in [1.165, 1.54) is 25.7 Å². The highest BCUT2D eigenvalue weighted by molar-refractivity contribution is 4.93. The Hall–Kier alpha value is -0.520. The Bertz CT molecular complexity index is 104. The van der Waals surface area contributed by atoms with Gasteiger partial charge in [0.2, 0.25) is 0 Å². The van der Waals surface area contributed by atoms with Gasteiger partial charge in [0.15, 0.2) is 0 Å². The summed E-state index contributed by atoms with van der Waals surface area (Å²) in [6.07, 6.45) is 17.5. The molecule has 1 aliphatic carbocycles. The van der Waals surface area contributed by atoms with E-state index in [1.54, 1.807) is 0 Å². The highest BCUT2D eigenvalue weighted by atomic mass is 13.9. The molecule has 0 aliphatic heterocycles. The molecule has 0 saturated heterocycles. The first-order valence-electron chi connectivity index (χ1n) is 4.12. The van der Waals surface area contributed by atoms with E-state index in [-0.39, 0.29) is 0 Å². The van der Waals surface area contributed by atoms with Gasteiger partial charge in [0.05, 0.1) is 0 Å². The SMILES string of the molecule is [CH]1CC=CCCC=CCC1. The van der Waals surface area contributed by atoms with Gasteiger partial charge in [-0.05, 0) is 38.5 Å². The Labute approximate surface area is 63.6 Å². The van der Waals surface area contributed by atoms with Gasteiger partial charge in [0.1, 0.15) is 0 Å². The summed E-state index contributed by atoms with van der Waals surface area (Å²) in [5, 5.41) is 0. The van der Waals surface area contributed by atoms with Gasteiger partial charge in [0.25, 0.3) is 0 Å². The summed E-state index contributed by atoms with van der Waals surface area (Å²) < 4.78 is 0. The van der Waals surface area contributed by atoms with Crippen molar-refractivity contribution in [1.82, 2.24) is 0 Å². The van der Waals surface area contributed by atoms with Crippen LogP contribution in [0.3, 0.4) is 0 Å². The van der Waals surface area contributed by atoms with Crippen molar-refractivity contribution in [3.05, 3.63) is 30.7 Å². The van der Waals surface area contributed by atoms with Gasteiger partial charge in [-0.2, -0.15) is 0 Å². The Morgan fingerprint density at radius 3 is 2.00 bits per heavy atom. The second-order valence-corrected chi connectivity index (χ2v) is 2.62. The lowest BCUT2D eigenvalue weighted by Gasteiger charge is -1.95. The van der Waals surface area contributed by atoms with Gasteiger partial charge >= 0.3 is 0 Å². The van der Waals surface area contributed by atoms with E-state index < -0.39 is 0 Å². The average molecular weight is 135 g/mol. The molecular weight excluding hydrogens is 120 g/mol. The lowest BCUT2D eigenvalue weighted by molar-refractivity contribution is 0.909. The molecule has 1 aliphatic rings. The maximum Gasteiger partial charge on any atom is -0.0316 e. The number of hydrogen-bond acceptors (Lipinski definition) is 0. The van der Waals surface area contributed by atoms with Crippen LogP contribution in [0.2, 0.25) is 0 Å². The molecule has 0 heteroatoms. The van der Waals surface area contributed by atoms with Crippen LogP contribution in [0.5, 0.6) is 0 Å². The van der Waals surface area contributed by atoms with E-state index in [0.29, 0.717) is 0 Å². The minimum absolute atomic E-state index is 1.16. The van der Waals surface area contributed by atoms with E-state index in [1.807, 2.05) is 0 Å². The topological polar surface area (TPSA) is 0 Å². The number of hydrogen-bond donors (Lipinski definition) is 0. The van der Waals surface area contributed by atoms with Crippen molar-refractivity contribution in [3.8, 4) is 0 Å². The zero-order valence-corrected chi connectivity index (χ0v) is 6.42. The zero-order chi connectivity index (χ0) is 7.07. The first kappa shape index (κ1) is 7.59. The lowest BCUT2D eigenvalue weighted by Crippen LogP contribution is -1.76. The number of rotatable bonds is 0. The second-order valence-electron chi connectivity index (χ2n) is 2.62. The van der Waals surface area contributed by atoms with Crippen molar-refractivity contribution < 1.29 is 0 Å². The number of allylic oxidation sites excluding steroid dienone is 4. The maximum atomic E-state index is 2.34. The molecule has 0 atom stereocenters. The summed E-state index contributed by atoms with van der Waals surface area (Å²) in [4.78, 5) is 0. The minimum Gasteiger partial charge on any atom is -0.0885 e. The van der Waals surface area contributed by atoms with E-state index in [9.17, 15) is 0 Å². The van der Waals surface area contributed by atoms with Gasteiger partial charge in [0, 0.05) is 0 Å². The Morgan fingerprint density at radius 1 is 0.600 bits per heavy atom. The molecule has 0 aromatic heterocycles. The van der Waals surface area contributed by atoms with Gasteiger partial charge in [-0.25, -0.2) is 0 Å². The molecule has 0 unspecified atom stereocenters. The normalized spacial score (nSPS) is 20.8. The van der Waals surface area contributed by atoms with Crippen LogP contribution >= 0.6 is 0 Å². The molecule has 0 N–H and O–H groups in total. The molecule has 0 aromatic carbocycles. The van der Waals surface area contributed by atoms with Crippen molar-refractivity contribution in [3.63, 3.8) is 0 Å². The predicted molar refractivity (Wildman–Crippen MR) is 45.7 cm³/mol. The van der Waals surface area contributed by atoms with Gasteiger partial charge in [-0.3, -0.25) is 0 Å². The summed E-state index contributed by atoms with van der Waals surface area (Å²) in [6.45, 7) is 0. The fourth-order valence-electron chi connectivity index (χ4n) is 1.07. The van der Waals surface area contributed by atoms with Crippen LogP contribution in [-0.4, -0.2) is 0 Å². The van der Waals surface area contributed by atoms with Crippen LogP contribution in [-0.2, 0) is 0 Å². The Morgan fingerprint density at radius 2 is 1.20 bits per heavy atom. The second kappa shape index (κ2) is 5.28. The molecule has 0 aromatic rings. The summed E-state index contributed by atoms with van der Waals surface area (Å²) >= 11 is 0. The quantitative estimate of drug-likeness (QED) is 0.447. The summed E-state index contributed by atoms with van der Waals surface area (Å²) in [7, 11) is 0. The van der Waals surface area contributed by atoms with Crippen LogP contribution < -0.4 is 0 Å². The summed E-state index contributed by atoms with van der Waals surface area (Å²) in [5.74, 6) is 0. The van der Waals surface area contributed by atoms with E-state index in [2.05, 4.69) is 30.7 Å². The molecule has 0 bridgehead atoms. The first-order valence-corrected chi connectivity index (χ1v) is 4.12. The van der Waals surface area contributed by atoms with Crippen molar-refractivity contribution in [2.24, 2.45) is 0 Å². The van der Waals surface area contributed by atoms with Crippen LogP contribution in [0.15, 0.2) is 24.3 Å². The standard InChI is InChI=1S/C10H15/c1-2-4-6-8-10-9-7-5-3-1/h1-2,5,8,10H,3-4,6-7,9H2. The minimum atomic E-state index is 1.16. The Kier molecular flexibility index (Phi) is 4.00. The van der Waals surface area contributed by atoms with Gasteiger partial charge in [-0.1, -0.05) is 24.3 Å². The summed E-state index contributed by atoms with van der Waals surface area (Å²) in [5.41, 5.74) is 0. The molecule has 0 saturated carbocycles. The van der Waals surface area contributed by atoms with Crippen LogP contribution in [0.25, 0.3) is 0 Å². The monoisotopic (exact) mass is 135 g/mol. The molecule has 1 radical (unpaired) electrons. The van der Waals surface area contributed by atoms with E-state index in [0.717, 1.165) is 6.42 Å². The van der Waals surface area contributed by atoms with Crippen molar-refractivity contribution in [2.45, 2.75) is 32.1 Å². The van der Waals surface area contributed by atoms with Crippen molar-refractivity contribution in [2.75, 3.05) is 0 Å². The molecule has 0 nitrogen and oxygen atoms in total. The maximum absolute atomic E-state index is 2.34. The van der Waals surface area contributed by atoms with E-state index >= 15 is 0 Å². The third-order valence-corrected chi connectivity index (χ3v) is 1.67. The van der Waals surface area contributed by atoms with Crippen molar-refractivity contribution >= 4 is 0 Å². The van der Waals surface area contributed by atoms with E-state index in [4.69, 9.17) is 0 Å². The zero-order valence-electron chi connectivity index (χ0n) is 6.42. The first-order chi connectivity index (χ1) is 5.00. The fraction of sp³-hybridized carbons (Fsp3) is 0.500. The third kappa shape index (κ3) is 3.49. The Balaban J connectivity index is 2.23. The molecule has 10 heavy (non-hydrogen) atoms. The molecule has 1 rings (SSSR count). The molecule has 55 valence electrons. The highest BCUT2D eigenvalue weighted by Crippen LogP contribution is 2.05. The highest BCUT2D eigenvalue weighted by Gasteiger charge is 1.86. The van der Waals surface area contributed by atoms with Crippen molar-refractivity contribution in [1.29, 1.82) is 0 Å². The van der Waals surface area contributed by atoms with Crippen LogP contribution in [0, 0.1) is 6.42 Å². The predicted octanol–water partition coefficient (Wildman–Crippen LogP) is 3.27. The van der Waals surface area contributed by atoms with Gasteiger partial charge < -0.3 is 0 Å². The molecule has 0 heterocycles. The lowest BCUT2D eigenvalue weighted by atomic mass is 10.1. The summed E-state index contributed by atoms with van der Waals surface area (Å²) in [6, 6.07) is 0. The molecule has 0 fully saturated rings. The smallest absolute Gasteiger partial charge is 0.0316 e.